The summed E-state index contributed by atoms with van der Waals surface area (Å²) in [7, 11) is 0. The minimum absolute atomic E-state index is 0.967. The molecule has 1 heteroatoms. The molecule has 3 rings (SSSR count). The van der Waals surface area contributed by atoms with Gasteiger partial charge >= 0.3 is 0 Å². The van der Waals surface area contributed by atoms with Gasteiger partial charge in [-0.1, -0.05) is 54.6 Å². The first-order chi connectivity index (χ1) is 9.36. The van der Waals surface area contributed by atoms with Gasteiger partial charge in [-0.15, -0.1) is 0 Å². The van der Waals surface area contributed by atoms with Crippen molar-refractivity contribution in [1.29, 1.82) is 0 Å². The van der Waals surface area contributed by atoms with Crippen molar-refractivity contribution in [3.05, 3.63) is 71.3 Å². The first kappa shape index (κ1) is 12.2. The molecule has 2 aromatic carbocycles. The van der Waals surface area contributed by atoms with Crippen molar-refractivity contribution in [2.24, 2.45) is 0 Å². The molecule has 0 saturated heterocycles. The Hall–Kier alpha value is -1.86. The highest BCUT2D eigenvalue weighted by Crippen LogP contribution is 2.31. The van der Waals surface area contributed by atoms with Gasteiger partial charge in [-0.05, 0) is 47.7 Å². The van der Waals surface area contributed by atoms with Crippen molar-refractivity contribution < 1.29 is 0 Å². The maximum Gasteiger partial charge on any atom is 0.0214 e. The SMILES string of the molecule is Cc1ccccc1C1=C(c2ccccc2)CCNC1. The molecule has 0 aromatic heterocycles. The lowest BCUT2D eigenvalue weighted by molar-refractivity contribution is 0.748. The molecule has 0 radical (unpaired) electrons. The fourth-order valence-electron chi connectivity index (χ4n) is 2.81. The predicted octanol–water partition coefficient (Wildman–Crippen LogP) is 3.90. The van der Waals surface area contributed by atoms with Gasteiger partial charge in [0.2, 0.25) is 0 Å². The zero-order chi connectivity index (χ0) is 13.1. The van der Waals surface area contributed by atoms with Gasteiger partial charge in [0.1, 0.15) is 0 Å². The third kappa shape index (κ3) is 2.47. The van der Waals surface area contributed by atoms with Gasteiger partial charge < -0.3 is 5.32 Å². The van der Waals surface area contributed by atoms with Crippen LogP contribution in [0.3, 0.4) is 0 Å². The summed E-state index contributed by atoms with van der Waals surface area (Å²) in [6, 6.07) is 19.4. The molecule has 1 N–H and O–H groups in total. The smallest absolute Gasteiger partial charge is 0.0214 e. The quantitative estimate of drug-likeness (QED) is 0.851. The van der Waals surface area contributed by atoms with E-state index in [9.17, 15) is 0 Å². The fourth-order valence-corrected chi connectivity index (χ4v) is 2.81. The monoisotopic (exact) mass is 249 g/mol. The molecule has 1 heterocycles. The van der Waals surface area contributed by atoms with Gasteiger partial charge in [-0.25, -0.2) is 0 Å². The molecule has 0 spiro atoms. The summed E-state index contributed by atoms with van der Waals surface area (Å²) >= 11 is 0. The minimum Gasteiger partial charge on any atom is -0.312 e. The standard InChI is InChI=1S/C18H19N/c1-14-7-5-6-10-16(14)18-13-19-12-11-17(18)15-8-3-2-4-9-15/h2-10,19H,11-13H2,1H3. The van der Waals surface area contributed by atoms with Crippen LogP contribution in [0.15, 0.2) is 54.6 Å². The van der Waals surface area contributed by atoms with Crippen LogP contribution in [0.2, 0.25) is 0 Å². The third-order valence-electron chi connectivity index (χ3n) is 3.81. The Balaban J connectivity index is 2.14. The molecule has 19 heavy (non-hydrogen) atoms. The molecular weight excluding hydrogens is 230 g/mol. The zero-order valence-electron chi connectivity index (χ0n) is 11.3. The van der Waals surface area contributed by atoms with E-state index in [-0.39, 0.29) is 0 Å². The Morgan fingerprint density at radius 3 is 2.37 bits per heavy atom. The van der Waals surface area contributed by atoms with Gasteiger partial charge in [-0.3, -0.25) is 0 Å². The Bertz CT molecular complexity index is 596. The second-order valence-corrected chi connectivity index (χ2v) is 5.06. The van der Waals surface area contributed by atoms with E-state index in [1.54, 1.807) is 0 Å². The summed E-state index contributed by atoms with van der Waals surface area (Å²) < 4.78 is 0. The molecule has 0 saturated carbocycles. The second-order valence-electron chi connectivity index (χ2n) is 5.06. The van der Waals surface area contributed by atoms with E-state index in [0.29, 0.717) is 0 Å². The number of benzene rings is 2. The number of nitrogens with one attached hydrogen (secondary N) is 1. The summed E-state index contributed by atoms with van der Waals surface area (Å²) in [5, 5.41) is 3.50. The number of hydrogen-bond acceptors (Lipinski definition) is 1. The lowest BCUT2D eigenvalue weighted by atomic mass is 9.88. The number of rotatable bonds is 2. The maximum absolute atomic E-state index is 3.50. The van der Waals surface area contributed by atoms with Crippen LogP contribution < -0.4 is 5.32 Å². The maximum atomic E-state index is 3.50. The zero-order valence-corrected chi connectivity index (χ0v) is 11.3. The van der Waals surface area contributed by atoms with Crippen LogP contribution in [0.1, 0.15) is 23.1 Å². The largest absolute Gasteiger partial charge is 0.312 e. The van der Waals surface area contributed by atoms with Gasteiger partial charge in [0, 0.05) is 6.54 Å². The van der Waals surface area contributed by atoms with Crippen LogP contribution in [-0.4, -0.2) is 13.1 Å². The first-order valence-electron chi connectivity index (χ1n) is 6.90. The van der Waals surface area contributed by atoms with E-state index < -0.39 is 0 Å². The molecule has 0 bridgehead atoms. The van der Waals surface area contributed by atoms with Gasteiger partial charge in [0.05, 0.1) is 0 Å². The molecule has 1 nitrogen and oxygen atoms in total. The minimum atomic E-state index is 0.967. The molecule has 0 unspecified atom stereocenters. The van der Waals surface area contributed by atoms with E-state index in [4.69, 9.17) is 0 Å². The highest BCUT2D eigenvalue weighted by atomic mass is 14.9. The number of aryl methyl sites for hydroxylation is 1. The molecule has 0 aliphatic carbocycles. The van der Waals surface area contributed by atoms with Crippen molar-refractivity contribution in [3.8, 4) is 0 Å². The third-order valence-corrected chi connectivity index (χ3v) is 3.81. The molecule has 0 atom stereocenters. The summed E-state index contributed by atoms with van der Waals surface area (Å²) in [5.74, 6) is 0. The molecule has 2 aromatic rings. The average Bonchev–Trinajstić information content (AvgIpc) is 2.49. The summed E-state index contributed by atoms with van der Waals surface area (Å²) in [5.41, 5.74) is 7.05. The van der Waals surface area contributed by atoms with Crippen molar-refractivity contribution in [2.45, 2.75) is 13.3 Å². The van der Waals surface area contributed by atoms with Gasteiger partial charge in [0.25, 0.3) is 0 Å². The lowest BCUT2D eigenvalue weighted by Gasteiger charge is -2.23. The van der Waals surface area contributed by atoms with E-state index in [2.05, 4.69) is 66.8 Å². The van der Waals surface area contributed by atoms with Crippen LogP contribution in [-0.2, 0) is 0 Å². The van der Waals surface area contributed by atoms with Crippen LogP contribution in [0.5, 0.6) is 0 Å². The molecular formula is C18H19N. The summed E-state index contributed by atoms with van der Waals surface area (Å²) in [6.45, 7) is 4.23. The molecule has 1 aliphatic rings. The van der Waals surface area contributed by atoms with E-state index in [1.807, 2.05) is 0 Å². The first-order valence-corrected chi connectivity index (χ1v) is 6.90. The lowest BCUT2D eigenvalue weighted by Crippen LogP contribution is -2.24. The van der Waals surface area contributed by atoms with Crippen molar-refractivity contribution in [1.82, 2.24) is 5.32 Å². The van der Waals surface area contributed by atoms with E-state index in [0.717, 1.165) is 19.5 Å². The normalized spacial score (nSPS) is 15.6. The topological polar surface area (TPSA) is 12.0 Å². The Kier molecular flexibility index (Phi) is 3.47. The van der Waals surface area contributed by atoms with Gasteiger partial charge in [-0.2, -0.15) is 0 Å². The second kappa shape index (κ2) is 5.41. The Labute approximate surface area is 115 Å². The Morgan fingerprint density at radius 2 is 1.58 bits per heavy atom. The van der Waals surface area contributed by atoms with Crippen LogP contribution >= 0.6 is 0 Å². The highest BCUT2D eigenvalue weighted by Gasteiger charge is 2.16. The molecule has 1 aliphatic heterocycles. The van der Waals surface area contributed by atoms with E-state index >= 15 is 0 Å². The number of hydrogen-bond donors (Lipinski definition) is 1. The molecule has 96 valence electrons. The predicted molar refractivity (Wildman–Crippen MR) is 81.9 cm³/mol. The van der Waals surface area contributed by atoms with Crippen LogP contribution in [0.25, 0.3) is 11.1 Å². The van der Waals surface area contributed by atoms with Gasteiger partial charge in [0.15, 0.2) is 0 Å². The van der Waals surface area contributed by atoms with E-state index in [1.165, 1.54) is 27.8 Å². The summed E-state index contributed by atoms with van der Waals surface area (Å²) in [4.78, 5) is 0. The molecule has 0 amide bonds. The van der Waals surface area contributed by atoms with Crippen molar-refractivity contribution >= 4 is 11.1 Å². The highest BCUT2D eigenvalue weighted by molar-refractivity contribution is 5.93. The van der Waals surface area contributed by atoms with Crippen LogP contribution in [0, 0.1) is 6.92 Å². The molecule has 0 fully saturated rings. The van der Waals surface area contributed by atoms with Crippen LogP contribution in [0.4, 0.5) is 0 Å². The van der Waals surface area contributed by atoms with Crippen molar-refractivity contribution in [3.63, 3.8) is 0 Å². The average molecular weight is 249 g/mol. The van der Waals surface area contributed by atoms with Crippen molar-refractivity contribution in [2.75, 3.05) is 13.1 Å². The summed E-state index contributed by atoms with van der Waals surface area (Å²) in [6.07, 6.45) is 1.10. The fraction of sp³-hybridized carbons (Fsp3) is 0.222. The Morgan fingerprint density at radius 1 is 0.842 bits per heavy atom.